The molecule has 1 aromatic carbocycles. The fourth-order valence-electron chi connectivity index (χ4n) is 4.96. The molecule has 1 spiro atoms. The number of imide groups is 1. The van der Waals surface area contributed by atoms with Crippen LogP contribution in [0.2, 0.25) is 0 Å². The van der Waals surface area contributed by atoms with Crippen molar-refractivity contribution in [3.8, 4) is 0 Å². The average Bonchev–Trinajstić information content (AvgIpc) is 3.31. The molecule has 4 amide bonds. The Morgan fingerprint density at radius 3 is 2.58 bits per heavy atom. The molecule has 9 nitrogen and oxygen atoms in total. The lowest BCUT2D eigenvalue weighted by Gasteiger charge is -2.34. The van der Waals surface area contributed by atoms with Crippen LogP contribution in [0.1, 0.15) is 37.6 Å². The van der Waals surface area contributed by atoms with E-state index in [4.69, 9.17) is 4.98 Å². The largest absolute Gasteiger partial charge is 0.344 e. The predicted molar refractivity (Wildman–Crippen MR) is 125 cm³/mol. The fourth-order valence-corrected chi connectivity index (χ4v) is 5.97. The zero-order valence-corrected chi connectivity index (χ0v) is 19.7. The van der Waals surface area contributed by atoms with Crippen LogP contribution in [0.25, 0.3) is 10.2 Å². The third-order valence-electron chi connectivity index (χ3n) is 7.06. The Morgan fingerprint density at radius 1 is 1.15 bits per heavy atom. The van der Waals surface area contributed by atoms with Gasteiger partial charge in [-0.25, -0.2) is 9.78 Å². The summed E-state index contributed by atoms with van der Waals surface area (Å²) in [6, 6.07) is 7.64. The van der Waals surface area contributed by atoms with Crippen LogP contribution in [-0.4, -0.2) is 75.9 Å². The Hall–Kier alpha value is -2.56. The van der Waals surface area contributed by atoms with Gasteiger partial charge >= 0.3 is 6.03 Å². The number of hydrogen-bond acceptors (Lipinski definition) is 7. The van der Waals surface area contributed by atoms with Gasteiger partial charge in [0.1, 0.15) is 10.5 Å². The van der Waals surface area contributed by atoms with Crippen LogP contribution < -0.4 is 10.7 Å². The topological polar surface area (TPSA) is 97.9 Å². The van der Waals surface area contributed by atoms with E-state index >= 15 is 0 Å². The molecule has 2 saturated heterocycles. The SMILES string of the molecule is CC1CCC2(CC1)NC(=O)N(NC(=O)CN1CCN(Cc3nc4ccccc4s3)CC1)C2=O. The third kappa shape index (κ3) is 4.60. The number of piperazine rings is 1. The Kier molecular flexibility index (Phi) is 6.07. The summed E-state index contributed by atoms with van der Waals surface area (Å²) in [7, 11) is 0. The van der Waals surface area contributed by atoms with Crippen molar-refractivity contribution in [3.05, 3.63) is 29.3 Å². The number of carbonyl (C=O) groups is 3. The maximum atomic E-state index is 12.9. The van der Waals surface area contributed by atoms with Crippen molar-refractivity contribution in [2.75, 3.05) is 32.7 Å². The predicted octanol–water partition coefficient (Wildman–Crippen LogP) is 1.95. The van der Waals surface area contributed by atoms with Crippen LogP contribution >= 0.6 is 11.3 Å². The first kappa shape index (κ1) is 22.2. The van der Waals surface area contributed by atoms with E-state index in [2.05, 4.69) is 33.5 Å². The summed E-state index contributed by atoms with van der Waals surface area (Å²) in [6.07, 6.45) is 3.05. The van der Waals surface area contributed by atoms with E-state index in [0.717, 1.165) is 61.1 Å². The maximum absolute atomic E-state index is 12.9. The Balaban J connectivity index is 1.10. The van der Waals surface area contributed by atoms with E-state index in [1.165, 1.54) is 4.70 Å². The van der Waals surface area contributed by atoms with Crippen molar-refractivity contribution < 1.29 is 14.4 Å². The highest BCUT2D eigenvalue weighted by Crippen LogP contribution is 2.35. The minimum Gasteiger partial charge on any atom is -0.322 e. The van der Waals surface area contributed by atoms with E-state index in [1.807, 2.05) is 18.2 Å². The fraction of sp³-hybridized carbons (Fsp3) is 0.565. The normalized spacial score (nSPS) is 26.8. The van der Waals surface area contributed by atoms with E-state index in [-0.39, 0.29) is 18.4 Å². The number of urea groups is 1. The van der Waals surface area contributed by atoms with Crippen LogP contribution in [-0.2, 0) is 16.1 Å². The molecule has 3 heterocycles. The van der Waals surface area contributed by atoms with Gasteiger partial charge < -0.3 is 5.32 Å². The molecule has 0 radical (unpaired) electrons. The van der Waals surface area contributed by atoms with Gasteiger partial charge in [0.2, 0.25) is 0 Å². The summed E-state index contributed by atoms with van der Waals surface area (Å²) in [5.74, 6) is -0.106. The number of carbonyl (C=O) groups excluding carboxylic acids is 3. The molecular formula is C23H30N6O3S. The van der Waals surface area contributed by atoms with Crippen LogP contribution in [0.3, 0.4) is 0 Å². The molecule has 2 N–H and O–H groups in total. The zero-order chi connectivity index (χ0) is 23.0. The number of hydrazine groups is 1. The van der Waals surface area contributed by atoms with Gasteiger partial charge in [-0.1, -0.05) is 19.1 Å². The molecule has 2 aliphatic heterocycles. The van der Waals surface area contributed by atoms with Crippen LogP contribution in [0.4, 0.5) is 4.79 Å². The van der Waals surface area contributed by atoms with Gasteiger partial charge in [0.05, 0.1) is 23.3 Å². The van der Waals surface area contributed by atoms with Gasteiger partial charge in [-0.2, -0.15) is 5.01 Å². The third-order valence-corrected chi connectivity index (χ3v) is 8.08. The second-order valence-electron chi connectivity index (χ2n) is 9.50. The Morgan fingerprint density at radius 2 is 1.85 bits per heavy atom. The first-order valence-corrected chi connectivity index (χ1v) is 12.5. The first-order valence-electron chi connectivity index (χ1n) is 11.7. The van der Waals surface area contributed by atoms with E-state index in [1.54, 1.807) is 11.3 Å². The van der Waals surface area contributed by atoms with Gasteiger partial charge in [-0.05, 0) is 43.7 Å². The first-order chi connectivity index (χ1) is 15.9. The smallest absolute Gasteiger partial charge is 0.322 e. The molecule has 10 heteroatoms. The number of amides is 4. The summed E-state index contributed by atoms with van der Waals surface area (Å²) in [6.45, 7) is 6.31. The molecule has 0 atom stereocenters. The lowest BCUT2D eigenvalue weighted by molar-refractivity contribution is -0.140. The van der Waals surface area contributed by atoms with Gasteiger partial charge in [-0.3, -0.25) is 24.8 Å². The maximum Gasteiger partial charge on any atom is 0.344 e. The molecule has 1 aliphatic carbocycles. The summed E-state index contributed by atoms with van der Waals surface area (Å²) in [5.41, 5.74) is 2.74. The van der Waals surface area contributed by atoms with E-state index in [0.29, 0.717) is 18.8 Å². The van der Waals surface area contributed by atoms with Crippen molar-refractivity contribution in [2.24, 2.45) is 5.92 Å². The molecule has 2 aromatic rings. The Bertz CT molecular complexity index is 1020. The highest BCUT2D eigenvalue weighted by atomic mass is 32.1. The number of aromatic nitrogens is 1. The number of para-hydroxylation sites is 1. The van der Waals surface area contributed by atoms with Crippen molar-refractivity contribution in [1.82, 2.24) is 30.5 Å². The van der Waals surface area contributed by atoms with E-state index in [9.17, 15) is 14.4 Å². The summed E-state index contributed by atoms with van der Waals surface area (Å²) >= 11 is 1.72. The molecule has 3 aliphatic rings. The molecule has 33 heavy (non-hydrogen) atoms. The van der Waals surface area contributed by atoms with Gasteiger partial charge in [0.15, 0.2) is 0 Å². The molecule has 3 fully saturated rings. The number of nitrogens with zero attached hydrogens (tertiary/aromatic N) is 4. The number of nitrogens with one attached hydrogen (secondary N) is 2. The second-order valence-corrected chi connectivity index (χ2v) is 10.6. The molecule has 1 saturated carbocycles. The molecule has 5 rings (SSSR count). The average molecular weight is 471 g/mol. The monoisotopic (exact) mass is 470 g/mol. The highest BCUT2D eigenvalue weighted by Gasteiger charge is 2.52. The van der Waals surface area contributed by atoms with Crippen LogP contribution in [0.5, 0.6) is 0 Å². The molecule has 176 valence electrons. The quantitative estimate of drug-likeness (QED) is 0.649. The summed E-state index contributed by atoms with van der Waals surface area (Å²) in [4.78, 5) is 47.0. The molecule has 0 unspecified atom stereocenters. The molecule has 1 aromatic heterocycles. The molecule has 0 bridgehead atoms. The van der Waals surface area contributed by atoms with Crippen molar-refractivity contribution >= 4 is 39.4 Å². The number of rotatable bonds is 5. The lowest BCUT2D eigenvalue weighted by Crippen LogP contribution is -2.54. The number of fused-ring (bicyclic) bond motifs is 1. The van der Waals surface area contributed by atoms with Gasteiger partial charge in [0, 0.05) is 26.2 Å². The molecular weight excluding hydrogens is 440 g/mol. The van der Waals surface area contributed by atoms with Gasteiger partial charge in [-0.15, -0.1) is 11.3 Å². The minimum absolute atomic E-state index is 0.163. The lowest BCUT2D eigenvalue weighted by atomic mass is 9.77. The number of hydrogen-bond donors (Lipinski definition) is 2. The standard InChI is InChI=1S/C23H30N6O3S/c1-16-6-8-23(9-7-16)21(31)29(22(32)25-23)26-19(30)14-27-10-12-28(13-11-27)15-20-24-17-4-2-3-5-18(17)33-20/h2-5,16H,6-15H2,1H3,(H,25,32)(H,26,30). The number of benzene rings is 1. The van der Waals surface area contributed by atoms with Gasteiger partial charge in [0.25, 0.3) is 11.8 Å². The summed E-state index contributed by atoms with van der Waals surface area (Å²) in [5, 5.41) is 4.83. The highest BCUT2D eigenvalue weighted by molar-refractivity contribution is 7.18. The van der Waals surface area contributed by atoms with Crippen molar-refractivity contribution in [2.45, 2.75) is 44.7 Å². The van der Waals surface area contributed by atoms with Crippen molar-refractivity contribution in [3.63, 3.8) is 0 Å². The summed E-state index contributed by atoms with van der Waals surface area (Å²) < 4.78 is 1.20. The number of thiazole rings is 1. The van der Waals surface area contributed by atoms with Crippen molar-refractivity contribution in [1.29, 1.82) is 0 Å². The van der Waals surface area contributed by atoms with E-state index < -0.39 is 11.6 Å². The Labute approximate surface area is 197 Å². The van der Waals surface area contributed by atoms with Crippen LogP contribution in [0.15, 0.2) is 24.3 Å². The van der Waals surface area contributed by atoms with Crippen LogP contribution in [0, 0.1) is 5.92 Å². The second kappa shape index (κ2) is 9.00. The zero-order valence-electron chi connectivity index (χ0n) is 18.9. The minimum atomic E-state index is -0.844.